The van der Waals surface area contributed by atoms with Crippen LogP contribution >= 0.6 is 0 Å². The zero-order chi connectivity index (χ0) is 4.83. The van der Waals surface area contributed by atoms with E-state index in [0.717, 1.165) is 6.42 Å². The van der Waals surface area contributed by atoms with Gasteiger partial charge in [-0.15, -0.1) is 0 Å². The highest BCUT2D eigenvalue weighted by Crippen LogP contribution is 1.74. The van der Waals surface area contributed by atoms with Gasteiger partial charge < -0.3 is 5.11 Å². The first-order valence-electron chi connectivity index (χ1n) is 1.93. The molecule has 0 atom stereocenters. The lowest BCUT2D eigenvalue weighted by Crippen LogP contribution is -1.89. The van der Waals surface area contributed by atoms with Crippen LogP contribution in [0.15, 0.2) is 0 Å². The molecule has 0 fully saturated rings. The summed E-state index contributed by atoms with van der Waals surface area (Å²) in [6.45, 7) is 1.05. The molecule has 6 heavy (non-hydrogen) atoms. The SMILES string of the molecule is [CH2+]OCCC[OH2+]. The smallest absolute Gasteiger partial charge is 0.213 e. The van der Waals surface area contributed by atoms with Crippen molar-refractivity contribution in [3.8, 4) is 0 Å². The van der Waals surface area contributed by atoms with Gasteiger partial charge >= 0.3 is 0 Å². The Labute approximate surface area is 37.7 Å². The van der Waals surface area contributed by atoms with Crippen LogP contribution in [0.2, 0.25) is 0 Å². The molecule has 0 aliphatic heterocycles. The molecule has 2 heteroatoms. The Morgan fingerprint density at radius 2 is 2.33 bits per heavy atom. The molecular formula is C4H10O2+2. The fourth-order valence-electron chi connectivity index (χ4n) is 0.174. The molecule has 0 aliphatic carbocycles. The highest BCUT2D eigenvalue weighted by Gasteiger charge is 1.83. The molecule has 0 aromatic rings. The van der Waals surface area contributed by atoms with Crippen molar-refractivity contribution in [3.63, 3.8) is 0 Å². The standard InChI is InChI=1S/C4H9O2/c1-6-4-2-3-5/h5H,1-4H2/q+1/p+1. The third-order valence-electron chi connectivity index (χ3n) is 0.465. The Hall–Kier alpha value is -0.210. The van der Waals surface area contributed by atoms with Crippen molar-refractivity contribution in [1.29, 1.82) is 0 Å². The predicted octanol–water partition coefficient (Wildman–Crippen LogP) is -0.0907. The van der Waals surface area contributed by atoms with Crippen molar-refractivity contribution >= 4 is 0 Å². The van der Waals surface area contributed by atoms with Crippen LogP contribution in [0.25, 0.3) is 0 Å². The number of hydrogen-bond donors (Lipinski definition) is 0. The number of hydrogen-bond acceptors (Lipinski definition) is 1. The summed E-state index contributed by atoms with van der Waals surface area (Å²) in [7, 11) is 3.14. The molecular weight excluding hydrogens is 80.0 g/mol. The van der Waals surface area contributed by atoms with Crippen LogP contribution in [-0.4, -0.2) is 18.3 Å². The third kappa shape index (κ3) is 3.79. The molecule has 0 radical (unpaired) electrons. The summed E-state index contributed by atoms with van der Waals surface area (Å²) >= 11 is 0. The van der Waals surface area contributed by atoms with Crippen LogP contribution in [0.3, 0.4) is 0 Å². The van der Waals surface area contributed by atoms with E-state index in [-0.39, 0.29) is 0 Å². The van der Waals surface area contributed by atoms with Crippen LogP contribution in [0.5, 0.6) is 0 Å². The van der Waals surface area contributed by atoms with E-state index in [1.807, 2.05) is 0 Å². The van der Waals surface area contributed by atoms with Crippen molar-refractivity contribution < 1.29 is 9.84 Å². The van der Waals surface area contributed by atoms with Crippen molar-refractivity contribution in [3.05, 3.63) is 7.11 Å². The second-order valence-electron chi connectivity index (χ2n) is 1.01. The molecule has 36 valence electrons. The molecule has 0 heterocycles. The minimum absolute atomic E-state index is 0.440. The van der Waals surface area contributed by atoms with Gasteiger partial charge in [0.15, 0.2) is 0 Å². The number of rotatable bonds is 3. The Morgan fingerprint density at radius 3 is 2.50 bits per heavy atom. The second kappa shape index (κ2) is 4.79. The summed E-state index contributed by atoms with van der Waals surface area (Å²) in [6.07, 6.45) is 0.795. The highest BCUT2D eigenvalue weighted by molar-refractivity contribution is 4.27. The molecule has 0 aromatic heterocycles. The van der Waals surface area contributed by atoms with Gasteiger partial charge in [-0.25, -0.2) is 0 Å². The van der Waals surface area contributed by atoms with E-state index in [9.17, 15) is 0 Å². The summed E-state index contributed by atoms with van der Waals surface area (Å²) in [6, 6.07) is 0. The Bertz CT molecular complexity index is 17.5. The number of ether oxygens (including phenoxy) is 1. The van der Waals surface area contributed by atoms with Gasteiger partial charge in [0, 0.05) is 6.42 Å². The quantitative estimate of drug-likeness (QED) is 0.271. The van der Waals surface area contributed by atoms with Crippen molar-refractivity contribution in [2.45, 2.75) is 6.42 Å². The monoisotopic (exact) mass is 90.1 g/mol. The molecule has 0 saturated carbocycles. The topological polar surface area (TPSA) is 32.1 Å². The molecule has 0 aromatic carbocycles. The maximum Gasteiger partial charge on any atom is 0.213 e. The van der Waals surface area contributed by atoms with E-state index in [2.05, 4.69) is 11.8 Å². The zero-order valence-corrected chi connectivity index (χ0v) is 3.74. The molecule has 0 saturated heterocycles. The summed E-state index contributed by atoms with van der Waals surface area (Å²) in [5.74, 6) is 0. The van der Waals surface area contributed by atoms with Gasteiger partial charge in [-0.1, -0.05) is 0 Å². The van der Waals surface area contributed by atoms with Gasteiger partial charge in [0.05, 0.1) is 0 Å². The van der Waals surface area contributed by atoms with Gasteiger partial charge in [0.1, 0.15) is 13.2 Å². The van der Waals surface area contributed by atoms with Crippen LogP contribution in [0.1, 0.15) is 6.42 Å². The first-order valence-corrected chi connectivity index (χ1v) is 1.93. The summed E-state index contributed by atoms with van der Waals surface area (Å²) in [4.78, 5) is 0. The van der Waals surface area contributed by atoms with Crippen molar-refractivity contribution in [2.75, 3.05) is 13.2 Å². The average molecular weight is 90.1 g/mol. The minimum Gasteiger partial charge on any atom is -0.445 e. The fourth-order valence-corrected chi connectivity index (χ4v) is 0.174. The molecule has 2 nitrogen and oxygen atoms in total. The zero-order valence-electron chi connectivity index (χ0n) is 3.74. The third-order valence-corrected chi connectivity index (χ3v) is 0.465. The summed E-state index contributed by atoms with van der Waals surface area (Å²) in [5.41, 5.74) is 0. The Kier molecular flexibility index (Phi) is 4.62. The second-order valence-corrected chi connectivity index (χ2v) is 1.01. The van der Waals surface area contributed by atoms with E-state index in [4.69, 9.17) is 5.11 Å². The van der Waals surface area contributed by atoms with E-state index >= 15 is 0 Å². The molecule has 0 bridgehead atoms. The maximum atomic E-state index is 6.60. The lowest BCUT2D eigenvalue weighted by Gasteiger charge is -1.80. The van der Waals surface area contributed by atoms with Crippen LogP contribution in [0, 0.1) is 7.11 Å². The molecule has 0 amide bonds. The summed E-state index contributed by atoms with van der Waals surface area (Å²) in [5, 5.41) is 6.60. The van der Waals surface area contributed by atoms with Gasteiger partial charge in [-0.05, 0) is 0 Å². The van der Waals surface area contributed by atoms with E-state index in [1.54, 1.807) is 0 Å². The molecule has 0 spiro atoms. The van der Waals surface area contributed by atoms with Crippen molar-refractivity contribution in [1.82, 2.24) is 0 Å². The molecule has 0 unspecified atom stereocenters. The Morgan fingerprint density at radius 1 is 1.67 bits per heavy atom. The van der Waals surface area contributed by atoms with Crippen LogP contribution in [0.4, 0.5) is 0 Å². The van der Waals surface area contributed by atoms with E-state index in [1.165, 1.54) is 0 Å². The first-order chi connectivity index (χ1) is 2.91. The van der Waals surface area contributed by atoms with Gasteiger partial charge in [-0.3, -0.25) is 0 Å². The van der Waals surface area contributed by atoms with Gasteiger partial charge in [-0.2, -0.15) is 4.74 Å². The Balaban J connectivity index is 2.34. The van der Waals surface area contributed by atoms with Gasteiger partial charge in [0.2, 0.25) is 7.11 Å². The van der Waals surface area contributed by atoms with Crippen LogP contribution in [-0.2, 0) is 4.74 Å². The largest absolute Gasteiger partial charge is 0.445 e. The maximum absolute atomic E-state index is 6.60. The lowest BCUT2D eigenvalue weighted by atomic mass is 10.5. The molecule has 0 aliphatic rings. The minimum atomic E-state index is 0.440. The van der Waals surface area contributed by atoms with Crippen LogP contribution < -0.4 is 0 Å². The van der Waals surface area contributed by atoms with E-state index in [0.29, 0.717) is 13.2 Å². The lowest BCUT2D eigenvalue weighted by molar-refractivity contribution is 0.195. The first kappa shape index (κ1) is 5.79. The van der Waals surface area contributed by atoms with Gasteiger partial charge in [0.25, 0.3) is 0 Å². The normalized spacial score (nSPS) is 8.83. The predicted molar refractivity (Wildman–Crippen MR) is 24.4 cm³/mol. The van der Waals surface area contributed by atoms with Crippen molar-refractivity contribution in [2.24, 2.45) is 0 Å². The highest BCUT2D eigenvalue weighted by atomic mass is 16.5. The van der Waals surface area contributed by atoms with E-state index < -0.39 is 0 Å². The molecule has 2 N–H and O–H groups in total. The summed E-state index contributed by atoms with van der Waals surface area (Å²) < 4.78 is 4.41. The average Bonchev–Trinajstić information content (AvgIpc) is 1.61. The molecule has 0 rings (SSSR count). The fraction of sp³-hybridized carbons (Fsp3) is 0.750.